The Balaban J connectivity index is 1.82. The highest BCUT2D eigenvalue weighted by molar-refractivity contribution is 6.07. The Hall–Kier alpha value is -2.71. The third-order valence-corrected chi connectivity index (χ3v) is 4.33. The molecule has 9 heteroatoms. The molecule has 9 nitrogen and oxygen atoms in total. The second-order valence-electron chi connectivity index (χ2n) is 6.00. The van der Waals surface area contributed by atoms with Gasteiger partial charge in [0.2, 0.25) is 17.7 Å². The zero-order valence-electron chi connectivity index (χ0n) is 14.2. The van der Waals surface area contributed by atoms with E-state index in [0.717, 1.165) is 9.80 Å². The third kappa shape index (κ3) is 4.23. The quantitative estimate of drug-likeness (QED) is 0.361. The molecule has 1 N–H and O–H groups in total. The number of hydrogen-bond donors (Lipinski definition) is 1. The molecule has 25 heavy (non-hydrogen) atoms. The molecule has 1 fully saturated rings. The molecule has 1 heterocycles. The van der Waals surface area contributed by atoms with Crippen LogP contribution in [0.3, 0.4) is 0 Å². The lowest BCUT2D eigenvalue weighted by Gasteiger charge is -2.17. The topological polar surface area (TPSA) is 113 Å². The van der Waals surface area contributed by atoms with E-state index in [2.05, 4.69) is 5.32 Å². The second kappa shape index (κ2) is 7.91. The summed E-state index contributed by atoms with van der Waals surface area (Å²) in [7, 11) is 2.84. The van der Waals surface area contributed by atoms with Crippen LogP contribution in [0.4, 0.5) is 0 Å². The number of fused-ring (bicyclic) bond motifs is 1. The lowest BCUT2D eigenvalue weighted by Crippen LogP contribution is -2.40. The molecule has 0 aromatic carbocycles. The number of allylic oxidation sites excluding steroid dienone is 2. The van der Waals surface area contributed by atoms with Gasteiger partial charge in [0.1, 0.15) is 6.54 Å². The maximum Gasteiger partial charge on any atom is 0.326 e. The number of likely N-dealkylation sites (N-methyl/N-ethyl adjacent to an activating group) is 2. The van der Waals surface area contributed by atoms with Crippen molar-refractivity contribution in [3.05, 3.63) is 12.2 Å². The first kappa shape index (κ1) is 18.6. The van der Waals surface area contributed by atoms with Crippen LogP contribution in [0.15, 0.2) is 12.2 Å². The Labute approximate surface area is 145 Å². The van der Waals surface area contributed by atoms with Gasteiger partial charge in [0.25, 0.3) is 5.91 Å². The predicted octanol–water partition coefficient (Wildman–Crippen LogP) is -1.31. The van der Waals surface area contributed by atoms with Crippen LogP contribution in [0.5, 0.6) is 0 Å². The van der Waals surface area contributed by atoms with E-state index in [1.54, 1.807) is 0 Å². The highest BCUT2D eigenvalue weighted by atomic mass is 16.5. The first-order valence-electron chi connectivity index (χ1n) is 7.95. The van der Waals surface area contributed by atoms with Crippen molar-refractivity contribution in [2.24, 2.45) is 11.8 Å². The van der Waals surface area contributed by atoms with Crippen molar-refractivity contribution in [1.29, 1.82) is 0 Å². The summed E-state index contributed by atoms with van der Waals surface area (Å²) in [6.07, 6.45) is 4.69. The highest BCUT2D eigenvalue weighted by Gasteiger charge is 2.47. The molecule has 136 valence electrons. The van der Waals surface area contributed by atoms with Crippen LogP contribution >= 0.6 is 0 Å². The number of esters is 1. The number of amides is 4. The lowest BCUT2D eigenvalue weighted by atomic mass is 9.85. The summed E-state index contributed by atoms with van der Waals surface area (Å²) in [6, 6.07) is 0. The Morgan fingerprint density at radius 3 is 2.28 bits per heavy atom. The third-order valence-electron chi connectivity index (χ3n) is 4.33. The first-order valence-corrected chi connectivity index (χ1v) is 7.95. The monoisotopic (exact) mass is 351 g/mol. The first-order chi connectivity index (χ1) is 11.8. The van der Waals surface area contributed by atoms with Gasteiger partial charge in [0, 0.05) is 14.1 Å². The van der Waals surface area contributed by atoms with E-state index in [1.807, 2.05) is 12.2 Å². The maximum absolute atomic E-state index is 12.2. The number of hydrogen-bond acceptors (Lipinski definition) is 6. The van der Waals surface area contributed by atoms with Crippen LogP contribution in [-0.2, 0) is 28.7 Å². The molecule has 2 atom stereocenters. The molecule has 0 spiro atoms. The lowest BCUT2D eigenvalue weighted by molar-refractivity contribution is -0.156. The van der Waals surface area contributed by atoms with E-state index in [0.29, 0.717) is 12.8 Å². The van der Waals surface area contributed by atoms with Gasteiger partial charge in [-0.15, -0.1) is 0 Å². The molecule has 2 rings (SSSR count). The fraction of sp³-hybridized carbons (Fsp3) is 0.562. The van der Waals surface area contributed by atoms with Gasteiger partial charge in [-0.3, -0.25) is 28.9 Å². The van der Waals surface area contributed by atoms with Crippen molar-refractivity contribution in [3.63, 3.8) is 0 Å². The van der Waals surface area contributed by atoms with E-state index >= 15 is 0 Å². The molecule has 1 saturated heterocycles. The molecule has 0 aromatic heterocycles. The van der Waals surface area contributed by atoms with Crippen LogP contribution in [0.1, 0.15) is 12.8 Å². The van der Waals surface area contributed by atoms with Gasteiger partial charge in [-0.2, -0.15) is 0 Å². The molecule has 0 aromatic rings. The van der Waals surface area contributed by atoms with Crippen LogP contribution < -0.4 is 5.32 Å². The Bertz CT molecular complexity index is 603. The normalized spacial score (nSPS) is 21.8. The summed E-state index contributed by atoms with van der Waals surface area (Å²) in [5, 5.41) is 2.37. The van der Waals surface area contributed by atoms with E-state index < -0.39 is 36.9 Å². The van der Waals surface area contributed by atoms with E-state index in [4.69, 9.17) is 4.74 Å². The number of imide groups is 1. The fourth-order valence-corrected chi connectivity index (χ4v) is 2.83. The van der Waals surface area contributed by atoms with Crippen molar-refractivity contribution in [2.45, 2.75) is 12.8 Å². The Kier molecular flexibility index (Phi) is 5.89. The van der Waals surface area contributed by atoms with E-state index in [9.17, 15) is 24.0 Å². The summed E-state index contributed by atoms with van der Waals surface area (Å²) in [4.78, 5) is 61.3. The van der Waals surface area contributed by atoms with Crippen LogP contribution in [-0.4, -0.2) is 73.2 Å². The minimum Gasteiger partial charge on any atom is -0.454 e. The molecule has 0 bridgehead atoms. The smallest absolute Gasteiger partial charge is 0.326 e. The molecule has 1 aliphatic heterocycles. The van der Waals surface area contributed by atoms with E-state index in [1.165, 1.54) is 14.1 Å². The minimum atomic E-state index is -0.838. The second-order valence-corrected chi connectivity index (χ2v) is 6.00. The van der Waals surface area contributed by atoms with Crippen LogP contribution in [0.25, 0.3) is 0 Å². The predicted molar refractivity (Wildman–Crippen MR) is 84.7 cm³/mol. The highest BCUT2D eigenvalue weighted by Crippen LogP contribution is 2.34. The molecular weight excluding hydrogens is 330 g/mol. The Morgan fingerprint density at radius 1 is 1.20 bits per heavy atom. The summed E-state index contributed by atoms with van der Waals surface area (Å²) in [5.74, 6) is -3.33. The zero-order valence-corrected chi connectivity index (χ0v) is 14.2. The summed E-state index contributed by atoms with van der Waals surface area (Å²) in [5.41, 5.74) is 0. The van der Waals surface area contributed by atoms with Crippen molar-refractivity contribution in [1.82, 2.24) is 15.1 Å². The Morgan fingerprint density at radius 2 is 1.76 bits per heavy atom. The van der Waals surface area contributed by atoms with Crippen LogP contribution in [0, 0.1) is 11.8 Å². The molecule has 2 aliphatic rings. The van der Waals surface area contributed by atoms with Crippen molar-refractivity contribution in [3.8, 4) is 0 Å². The van der Waals surface area contributed by atoms with Gasteiger partial charge < -0.3 is 15.0 Å². The SMILES string of the molecule is CNC(=O)CN(C)C(=O)COC(=O)CN1C(=O)[C@@H]2CC=CC[C@H]2C1=O. The van der Waals surface area contributed by atoms with Gasteiger partial charge in [0.15, 0.2) is 6.61 Å². The fourth-order valence-electron chi connectivity index (χ4n) is 2.83. The summed E-state index contributed by atoms with van der Waals surface area (Å²) < 4.78 is 4.83. The molecule has 0 unspecified atom stereocenters. The largest absolute Gasteiger partial charge is 0.454 e. The number of carbonyl (C=O) groups excluding carboxylic acids is 5. The number of nitrogens with one attached hydrogen (secondary N) is 1. The molecule has 0 radical (unpaired) electrons. The van der Waals surface area contributed by atoms with Crippen molar-refractivity contribution >= 4 is 29.6 Å². The van der Waals surface area contributed by atoms with Crippen molar-refractivity contribution in [2.75, 3.05) is 33.8 Å². The number of ether oxygens (including phenoxy) is 1. The molecule has 1 aliphatic carbocycles. The number of likely N-dealkylation sites (tertiary alicyclic amines) is 1. The average molecular weight is 351 g/mol. The van der Waals surface area contributed by atoms with Crippen LogP contribution in [0.2, 0.25) is 0 Å². The van der Waals surface area contributed by atoms with Gasteiger partial charge >= 0.3 is 5.97 Å². The minimum absolute atomic E-state index is 0.160. The van der Waals surface area contributed by atoms with Gasteiger partial charge in [-0.05, 0) is 12.8 Å². The summed E-state index contributed by atoms with van der Waals surface area (Å²) in [6.45, 7) is -1.22. The molecular formula is C16H21N3O6. The van der Waals surface area contributed by atoms with Crippen molar-refractivity contribution < 1.29 is 28.7 Å². The molecule has 4 amide bonds. The zero-order chi connectivity index (χ0) is 18.6. The van der Waals surface area contributed by atoms with Gasteiger partial charge in [0.05, 0.1) is 18.4 Å². The average Bonchev–Trinajstić information content (AvgIpc) is 2.84. The van der Waals surface area contributed by atoms with Gasteiger partial charge in [-0.25, -0.2) is 0 Å². The molecule has 0 saturated carbocycles. The van der Waals surface area contributed by atoms with E-state index in [-0.39, 0.29) is 24.3 Å². The summed E-state index contributed by atoms with van der Waals surface area (Å²) >= 11 is 0. The maximum atomic E-state index is 12.2. The number of rotatable bonds is 6. The van der Waals surface area contributed by atoms with Gasteiger partial charge in [-0.1, -0.05) is 12.2 Å². The number of carbonyl (C=O) groups is 5. The number of nitrogens with zero attached hydrogens (tertiary/aromatic N) is 2. The standard InChI is InChI=1S/C16H21N3O6/c1-17-12(20)7-18(2)13(21)9-25-14(22)8-19-15(23)10-5-3-4-6-11(10)16(19)24/h3-4,10-11H,5-9H2,1-2H3,(H,17,20)/t10-,11-/m1/s1.